The van der Waals surface area contributed by atoms with Crippen LogP contribution in [0.15, 0.2) is 41.3 Å². The first-order chi connectivity index (χ1) is 9.16. The maximum absolute atomic E-state index is 6.12. The number of nitrogens with two attached hydrogens (primary N) is 1. The highest BCUT2D eigenvalue weighted by Crippen LogP contribution is 2.35. The average Bonchev–Trinajstić information content (AvgIpc) is 2.96. The lowest BCUT2D eigenvalue weighted by Crippen LogP contribution is -1.98. The van der Waals surface area contributed by atoms with Gasteiger partial charge in [0.2, 0.25) is 0 Å². The molecule has 0 radical (unpaired) electrons. The van der Waals surface area contributed by atoms with Crippen molar-refractivity contribution in [2.45, 2.75) is 6.92 Å². The van der Waals surface area contributed by atoms with E-state index in [4.69, 9.17) is 10.2 Å². The van der Waals surface area contributed by atoms with Gasteiger partial charge in [-0.05, 0) is 19.1 Å². The maximum Gasteiger partial charge on any atom is 0.129 e. The fourth-order valence-corrected chi connectivity index (χ4v) is 2.10. The van der Waals surface area contributed by atoms with Crippen LogP contribution < -0.4 is 5.73 Å². The summed E-state index contributed by atoms with van der Waals surface area (Å²) >= 11 is 0. The number of hydrogen-bond donors (Lipinski definition) is 1. The number of anilines is 1. The summed E-state index contributed by atoms with van der Waals surface area (Å²) < 4.78 is 7.02. The van der Waals surface area contributed by atoms with Crippen LogP contribution >= 0.6 is 0 Å². The second-order valence-electron chi connectivity index (χ2n) is 4.42. The number of aryl methyl sites for hydroxylation is 2. The molecule has 0 saturated carbocycles. The van der Waals surface area contributed by atoms with Crippen molar-refractivity contribution >= 4 is 5.82 Å². The Morgan fingerprint density at radius 2 is 2.16 bits per heavy atom. The predicted molar refractivity (Wildman–Crippen MR) is 73.3 cm³/mol. The number of aromatic nitrogens is 3. The molecule has 0 aliphatic carbocycles. The summed E-state index contributed by atoms with van der Waals surface area (Å²) in [6, 6.07) is 5.80. The Morgan fingerprint density at radius 3 is 2.79 bits per heavy atom. The van der Waals surface area contributed by atoms with Crippen LogP contribution in [0.2, 0.25) is 0 Å². The van der Waals surface area contributed by atoms with Crippen LogP contribution in [0.1, 0.15) is 5.76 Å². The molecule has 0 amide bonds. The minimum Gasteiger partial charge on any atom is -0.469 e. The summed E-state index contributed by atoms with van der Waals surface area (Å²) in [6.07, 6.45) is 5.21. The molecule has 3 aromatic heterocycles. The van der Waals surface area contributed by atoms with E-state index in [-0.39, 0.29) is 0 Å². The first-order valence-electron chi connectivity index (χ1n) is 5.95. The van der Waals surface area contributed by atoms with Crippen LogP contribution in [0.3, 0.4) is 0 Å². The first-order valence-corrected chi connectivity index (χ1v) is 5.95. The van der Waals surface area contributed by atoms with Crippen molar-refractivity contribution in [2.75, 3.05) is 5.73 Å². The monoisotopic (exact) mass is 254 g/mol. The van der Waals surface area contributed by atoms with Gasteiger partial charge in [0, 0.05) is 30.6 Å². The second kappa shape index (κ2) is 4.28. The van der Waals surface area contributed by atoms with E-state index in [1.54, 1.807) is 23.3 Å². The van der Waals surface area contributed by atoms with Crippen LogP contribution in [0.25, 0.3) is 22.4 Å². The molecule has 2 N–H and O–H groups in total. The molecular formula is C14H14N4O. The molecule has 0 bridgehead atoms. The van der Waals surface area contributed by atoms with Gasteiger partial charge in [-0.25, -0.2) is 0 Å². The Morgan fingerprint density at radius 1 is 1.32 bits per heavy atom. The smallest absolute Gasteiger partial charge is 0.129 e. The molecule has 5 heteroatoms. The van der Waals surface area contributed by atoms with E-state index in [0.717, 1.165) is 28.1 Å². The second-order valence-corrected chi connectivity index (χ2v) is 4.42. The van der Waals surface area contributed by atoms with Gasteiger partial charge in [0.05, 0.1) is 5.56 Å². The molecule has 0 aliphatic rings. The normalized spacial score (nSPS) is 10.8. The quantitative estimate of drug-likeness (QED) is 0.763. The van der Waals surface area contributed by atoms with E-state index < -0.39 is 0 Å². The molecule has 0 aromatic carbocycles. The van der Waals surface area contributed by atoms with E-state index in [0.29, 0.717) is 5.82 Å². The van der Waals surface area contributed by atoms with Gasteiger partial charge >= 0.3 is 0 Å². The van der Waals surface area contributed by atoms with Gasteiger partial charge in [-0.3, -0.25) is 9.67 Å². The van der Waals surface area contributed by atoms with Gasteiger partial charge in [0.15, 0.2) is 0 Å². The lowest BCUT2D eigenvalue weighted by molar-refractivity contribution is 0.535. The maximum atomic E-state index is 6.12. The van der Waals surface area contributed by atoms with Crippen molar-refractivity contribution < 1.29 is 4.42 Å². The first kappa shape index (κ1) is 11.5. The Labute approximate surface area is 110 Å². The molecular weight excluding hydrogens is 240 g/mol. The van der Waals surface area contributed by atoms with E-state index >= 15 is 0 Å². The third kappa shape index (κ3) is 1.89. The van der Waals surface area contributed by atoms with Crippen molar-refractivity contribution in [3.05, 3.63) is 42.6 Å². The molecule has 3 aromatic rings. The van der Waals surface area contributed by atoms with E-state index in [1.807, 2.05) is 32.2 Å². The number of rotatable bonds is 2. The Kier molecular flexibility index (Phi) is 2.59. The van der Waals surface area contributed by atoms with Crippen molar-refractivity contribution in [2.24, 2.45) is 7.05 Å². The van der Waals surface area contributed by atoms with Gasteiger partial charge in [-0.1, -0.05) is 6.07 Å². The van der Waals surface area contributed by atoms with Crippen LogP contribution in [-0.2, 0) is 7.05 Å². The molecule has 3 rings (SSSR count). The van der Waals surface area contributed by atoms with Crippen molar-refractivity contribution in [3.8, 4) is 22.4 Å². The van der Waals surface area contributed by atoms with Crippen LogP contribution in [0.4, 0.5) is 5.82 Å². The highest BCUT2D eigenvalue weighted by molar-refractivity contribution is 5.87. The zero-order valence-electron chi connectivity index (χ0n) is 10.8. The molecule has 19 heavy (non-hydrogen) atoms. The fourth-order valence-electron chi connectivity index (χ4n) is 2.10. The fraction of sp³-hybridized carbons (Fsp3) is 0.143. The predicted octanol–water partition coefficient (Wildman–Crippen LogP) is 2.63. The van der Waals surface area contributed by atoms with Gasteiger partial charge in [0.1, 0.15) is 23.5 Å². The standard InChI is InChI=1S/C14H14N4O/c1-9-6-11(8-19-9)13-12(14(15)18(2)17-13)10-4-3-5-16-7-10/h3-8H,15H2,1-2H3. The molecule has 0 spiro atoms. The topological polar surface area (TPSA) is 69.9 Å². The molecule has 0 aliphatic heterocycles. The van der Waals surface area contributed by atoms with E-state index in [1.165, 1.54) is 0 Å². The number of pyridine rings is 1. The molecule has 3 heterocycles. The Balaban J connectivity index is 2.24. The van der Waals surface area contributed by atoms with Crippen LogP contribution in [-0.4, -0.2) is 14.8 Å². The summed E-state index contributed by atoms with van der Waals surface area (Å²) in [6.45, 7) is 1.90. The molecule has 5 nitrogen and oxygen atoms in total. The lowest BCUT2D eigenvalue weighted by atomic mass is 10.0. The third-order valence-electron chi connectivity index (χ3n) is 3.05. The van der Waals surface area contributed by atoms with Gasteiger partial charge < -0.3 is 10.2 Å². The highest BCUT2D eigenvalue weighted by atomic mass is 16.3. The largest absolute Gasteiger partial charge is 0.469 e. The highest BCUT2D eigenvalue weighted by Gasteiger charge is 2.18. The summed E-state index contributed by atoms with van der Waals surface area (Å²) in [4.78, 5) is 4.14. The summed E-state index contributed by atoms with van der Waals surface area (Å²) in [5.41, 5.74) is 9.68. The van der Waals surface area contributed by atoms with Crippen LogP contribution in [0.5, 0.6) is 0 Å². The van der Waals surface area contributed by atoms with Crippen molar-refractivity contribution in [1.29, 1.82) is 0 Å². The van der Waals surface area contributed by atoms with E-state index in [2.05, 4.69) is 10.1 Å². The van der Waals surface area contributed by atoms with Crippen molar-refractivity contribution in [3.63, 3.8) is 0 Å². The molecule has 0 unspecified atom stereocenters. The molecule has 0 saturated heterocycles. The number of hydrogen-bond acceptors (Lipinski definition) is 4. The Bertz CT molecular complexity index is 712. The Hall–Kier alpha value is -2.56. The average molecular weight is 254 g/mol. The number of nitrogens with zero attached hydrogens (tertiary/aromatic N) is 3. The van der Waals surface area contributed by atoms with Gasteiger partial charge in [-0.2, -0.15) is 5.10 Å². The van der Waals surface area contributed by atoms with Crippen LogP contribution in [0, 0.1) is 6.92 Å². The summed E-state index contributed by atoms with van der Waals surface area (Å²) in [7, 11) is 1.83. The molecule has 0 fully saturated rings. The lowest BCUT2D eigenvalue weighted by Gasteiger charge is -2.01. The van der Waals surface area contributed by atoms with Gasteiger partial charge in [-0.15, -0.1) is 0 Å². The summed E-state index contributed by atoms with van der Waals surface area (Å²) in [5.74, 6) is 1.46. The minimum atomic E-state index is 0.613. The zero-order chi connectivity index (χ0) is 13.4. The SMILES string of the molecule is Cc1cc(-c2nn(C)c(N)c2-c2cccnc2)co1. The number of furan rings is 1. The van der Waals surface area contributed by atoms with Crippen molar-refractivity contribution in [1.82, 2.24) is 14.8 Å². The molecule has 96 valence electrons. The third-order valence-corrected chi connectivity index (χ3v) is 3.05. The van der Waals surface area contributed by atoms with E-state index in [9.17, 15) is 0 Å². The van der Waals surface area contributed by atoms with Gasteiger partial charge in [0.25, 0.3) is 0 Å². The summed E-state index contributed by atoms with van der Waals surface area (Å²) in [5, 5.41) is 4.47. The zero-order valence-corrected chi connectivity index (χ0v) is 10.8. The molecule has 0 atom stereocenters. The minimum absolute atomic E-state index is 0.613. The number of nitrogen functional groups attached to an aromatic ring is 1.